The van der Waals surface area contributed by atoms with Gasteiger partial charge in [0.1, 0.15) is 18.5 Å². The molecule has 27 heavy (non-hydrogen) atoms. The van der Waals surface area contributed by atoms with Crippen molar-refractivity contribution in [3.8, 4) is 5.75 Å². The normalized spacial score (nSPS) is 17.0. The van der Waals surface area contributed by atoms with E-state index in [2.05, 4.69) is 15.0 Å². The molecule has 7 nitrogen and oxygen atoms in total. The highest BCUT2D eigenvalue weighted by Gasteiger charge is 2.20. The third-order valence-corrected chi connectivity index (χ3v) is 4.67. The van der Waals surface area contributed by atoms with Crippen molar-refractivity contribution in [2.24, 2.45) is 0 Å². The number of rotatable bonds is 8. The van der Waals surface area contributed by atoms with Crippen molar-refractivity contribution in [2.75, 3.05) is 39.3 Å². The van der Waals surface area contributed by atoms with Crippen molar-refractivity contribution < 1.29 is 19.2 Å². The molecule has 1 aliphatic rings. The van der Waals surface area contributed by atoms with E-state index in [0.29, 0.717) is 17.9 Å². The standard InChI is InChI=1S/C20H27N3O4/c1-15-10-20(27-21-15)13-23-8-6-22(7-9-23)12-18(25)14-26-19-5-3-4-17(11-19)16(2)24/h3-5,10-11,18,25H,6-9,12-14H2,1-2H3/t18-/m0/s1. The van der Waals surface area contributed by atoms with E-state index in [0.717, 1.165) is 44.2 Å². The Bertz CT molecular complexity index is 753. The van der Waals surface area contributed by atoms with Gasteiger partial charge in [0, 0.05) is 44.4 Å². The molecule has 0 amide bonds. The van der Waals surface area contributed by atoms with Gasteiger partial charge in [-0.25, -0.2) is 0 Å². The van der Waals surface area contributed by atoms with E-state index in [1.54, 1.807) is 24.3 Å². The first-order valence-electron chi connectivity index (χ1n) is 9.28. The third kappa shape index (κ3) is 5.89. The summed E-state index contributed by atoms with van der Waals surface area (Å²) < 4.78 is 10.9. The van der Waals surface area contributed by atoms with Crippen molar-refractivity contribution in [3.05, 3.63) is 47.3 Å². The van der Waals surface area contributed by atoms with E-state index < -0.39 is 6.10 Å². The molecule has 7 heteroatoms. The summed E-state index contributed by atoms with van der Waals surface area (Å²) in [6.07, 6.45) is -0.575. The fourth-order valence-electron chi connectivity index (χ4n) is 3.19. The molecule has 146 valence electrons. The fourth-order valence-corrected chi connectivity index (χ4v) is 3.19. The molecule has 3 rings (SSSR count). The maximum absolute atomic E-state index is 11.4. The molecule has 1 aromatic heterocycles. The minimum absolute atomic E-state index is 0.000593. The number of nitrogens with zero attached hydrogens (tertiary/aromatic N) is 3. The van der Waals surface area contributed by atoms with Crippen LogP contribution in [0.3, 0.4) is 0 Å². The van der Waals surface area contributed by atoms with Gasteiger partial charge < -0.3 is 14.4 Å². The van der Waals surface area contributed by atoms with Crippen LogP contribution in [-0.2, 0) is 6.54 Å². The Hall–Kier alpha value is -2.22. The molecule has 2 heterocycles. The van der Waals surface area contributed by atoms with E-state index in [-0.39, 0.29) is 12.4 Å². The van der Waals surface area contributed by atoms with Crippen LogP contribution in [0.2, 0.25) is 0 Å². The van der Waals surface area contributed by atoms with E-state index >= 15 is 0 Å². The van der Waals surface area contributed by atoms with E-state index in [4.69, 9.17) is 9.26 Å². The summed E-state index contributed by atoms with van der Waals surface area (Å²) in [5.74, 6) is 1.50. The Labute approximate surface area is 159 Å². The summed E-state index contributed by atoms with van der Waals surface area (Å²) in [6.45, 7) is 8.63. The van der Waals surface area contributed by atoms with Crippen LogP contribution in [0, 0.1) is 6.92 Å². The van der Waals surface area contributed by atoms with Gasteiger partial charge in [-0.3, -0.25) is 14.6 Å². The number of benzene rings is 1. The SMILES string of the molecule is CC(=O)c1cccc(OC[C@@H](O)CN2CCN(Cc3cc(C)no3)CC2)c1. The van der Waals surface area contributed by atoms with Crippen molar-refractivity contribution in [1.82, 2.24) is 15.0 Å². The summed E-state index contributed by atoms with van der Waals surface area (Å²) in [4.78, 5) is 16.0. The second-order valence-corrected chi connectivity index (χ2v) is 7.06. The lowest BCUT2D eigenvalue weighted by Gasteiger charge is -2.35. The molecule has 1 saturated heterocycles. The lowest BCUT2D eigenvalue weighted by molar-refractivity contribution is 0.0430. The van der Waals surface area contributed by atoms with Gasteiger partial charge >= 0.3 is 0 Å². The number of Topliss-reactive ketones (excluding diaryl/α,β-unsaturated/α-hetero) is 1. The molecular formula is C20H27N3O4. The van der Waals surface area contributed by atoms with Gasteiger partial charge in [0.25, 0.3) is 0 Å². The number of carbonyl (C=O) groups is 1. The van der Waals surface area contributed by atoms with Crippen LogP contribution in [0.5, 0.6) is 5.75 Å². The quantitative estimate of drug-likeness (QED) is 0.706. The lowest BCUT2D eigenvalue weighted by atomic mass is 10.1. The van der Waals surface area contributed by atoms with Crippen LogP contribution in [0.4, 0.5) is 0 Å². The predicted molar refractivity (Wildman–Crippen MR) is 101 cm³/mol. The average Bonchev–Trinajstić information content (AvgIpc) is 3.06. The van der Waals surface area contributed by atoms with Gasteiger partial charge in [-0.15, -0.1) is 0 Å². The molecule has 0 aliphatic carbocycles. The van der Waals surface area contributed by atoms with Gasteiger partial charge in [0.2, 0.25) is 0 Å². The molecule has 0 bridgehead atoms. The number of hydrogen-bond donors (Lipinski definition) is 1. The van der Waals surface area contributed by atoms with Gasteiger partial charge in [-0.05, 0) is 26.0 Å². The van der Waals surface area contributed by atoms with E-state index in [9.17, 15) is 9.90 Å². The number of ether oxygens (including phenoxy) is 1. The van der Waals surface area contributed by atoms with Gasteiger partial charge in [0.05, 0.1) is 12.2 Å². The number of ketones is 1. The second kappa shape index (κ2) is 9.12. The number of aryl methyl sites for hydroxylation is 1. The minimum atomic E-state index is -0.575. The Morgan fingerprint density at radius 2 is 2.00 bits per heavy atom. The zero-order chi connectivity index (χ0) is 19.2. The first-order chi connectivity index (χ1) is 13.0. The number of aromatic nitrogens is 1. The summed E-state index contributed by atoms with van der Waals surface area (Å²) in [7, 11) is 0. The van der Waals surface area contributed by atoms with Crippen molar-refractivity contribution >= 4 is 5.78 Å². The highest BCUT2D eigenvalue weighted by atomic mass is 16.5. The maximum Gasteiger partial charge on any atom is 0.159 e. The Kier molecular flexibility index (Phi) is 6.60. The van der Waals surface area contributed by atoms with Gasteiger partial charge in [-0.1, -0.05) is 17.3 Å². The summed E-state index contributed by atoms with van der Waals surface area (Å²) >= 11 is 0. The molecule has 1 N–H and O–H groups in total. The molecule has 1 aromatic carbocycles. The van der Waals surface area contributed by atoms with Crippen molar-refractivity contribution in [1.29, 1.82) is 0 Å². The second-order valence-electron chi connectivity index (χ2n) is 7.06. The summed E-state index contributed by atoms with van der Waals surface area (Å²) in [5.41, 5.74) is 1.51. The molecule has 0 saturated carbocycles. The molecule has 0 radical (unpaired) electrons. The highest BCUT2D eigenvalue weighted by Crippen LogP contribution is 2.14. The molecule has 1 fully saturated rings. The summed E-state index contributed by atoms with van der Waals surface area (Å²) in [5, 5.41) is 14.2. The smallest absolute Gasteiger partial charge is 0.159 e. The van der Waals surface area contributed by atoms with Crippen molar-refractivity contribution in [3.63, 3.8) is 0 Å². The largest absolute Gasteiger partial charge is 0.491 e. The number of aliphatic hydroxyl groups is 1. The third-order valence-electron chi connectivity index (χ3n) is 4.67. The fraction of sp³-hybridized carbons (Fsp3) is 0.500. The molecule has 1 aliphatic heterocycles. The zero-order valence-corrected chi connectivity index (χ0v) is 15.9. The Balaban J connectivity index is 1.38. The number of aliphatic hydroxyl groups excluding tert-OH is 1. The van der Waals surface area contributed by atoms with Crippen LogP contribution in [0.1, 0.15) is 28.7 Å². The average molecular weight is 373 g/mol. The van der Waals surface area contributed by atoms with Gasteiger partial charge in [0.15, 0.2) is 11.5 Å². The van der Waals surface area contributed by atoms with Crippen LogP contribution in [-0.4, -0.2) is 71.3 Å². The molecule has 2 aromatic rings. The Morgan fingerprint density at radius 1 is 1.26 bits per heavy atom. The molecule has 1 atom stereocenters. The number of β-amino-alcohol motifs (C(OH)–C–C–N with tert-alkyl or cyclic N) is 1. The predicted octanol–water partition coefficient (Wildman–Crippen LogP) is 1.74. The topological polar surface area (TPSA) is 79.0 Å². The first kappa shape index (κ1) is 19.5. The number of carbonyl (C=O) groups excluding carboxylic acids is 1. The van der Waals surface area contributed by atoms with Crippen LogP contribution < -0.4 is 4.74 Å². The monoisotopic (exact) mass is 373 g/mol. The highest BCUT2D eigenvalue weighted by molar-refractivity contribution is 5.94. The maximum atomic E-state index is 11.4. The lowest BCUT2D eigenvalue weighted by Crippen LogP contribution is -2.48. The summed E-state index contributed by atoms with van der Waals surface area (Å²) in [6, 6.07) is 9.01. The van der Waals surface area contributed by atoms with E-state index in [1.807, 2.05) is 13.0 Å². The Morgan fingerprint density at radius 3 is 2.67 bits per heavy atom. The first-order valence-corrected chi connectivity index (χ1v) is 9.28. The van der Waals surface area contributed by atoms with Crippen molar-refractivity contribution in [2.45, 2.75) is 26.5 Å². The molecular weight excluding hydrogens is 346 g/mol. The number of hydrogen-bond acceptors (Lipinski definition) is 7. The van der Waals surface area contributed by atoms with Crippen LogP contribution >= 0.6 is 0 Å². The molecule has 0 spiro atoms. The minimum Gasteiger partial charge on any atom is -0.491 e. The zero-order valence-electron chi connectivity index (χ0n) is 15.9. The number of piperazine rings is 1. The van der Waals surface area contributed by atoms with Crippen LogP contribution in [0.15, 0.2) is 34.9 Å². The van der Waals surface area contributed by atoms with E-state index in [1.165, 1.54) is 6.92 Å². The van der Waals surface area contributed by atoms with Gasteiger partial charge in [-0.2, -0.15) is 0 Å². The molecule has 0 unspecified atom stereocenters. The van der Waals surface area contributed by atoms with Crippen LogP contribution in [0.25, 0.3) is 0 Å².